The second-order valence-corrected chi connectivity index (χ2v) is 4.84. The summed E-state index contributed by atoms with van der Waals surface area (Å²) in [6.07, 6.45) is 10.8. The van der Waals surface area contributed by atoms with E-state index >= 15 is 0 Å². The van der Waals surface area contributed by atoms with Crippen LogP contribution in [0.5, 0.6) is 0 Å². The van der Waals surface area contributed by atoms with E-state index in [1.165, 1.54) is 18.5 Å². The van der Waals surface area contributed by atoms with Crippen LogP contribution in [-0.2, 0) is 0 Å². The third kappa shape index (κ3) is 3.84. The van der Waals surface area contributed by atoms with Gasteiger partial charge in [-0.3, -0.25) is 4.99 Å². The van der Waals surface area contributed by atoms with E-state index < -0.39 is 0 Å². The monoisotopic (exact) mass is 220 g/mol. The Kier molecular flexibility index (Phi) is 4.78. The molecule has 0 radical (unpaired) electrons. The number of aliphatic imine (C=N–C) groups is 1. The van der Waals surface area contributed by atoms with Crippen molar-refractivity contribution in [1.82, 2.24) is 4.90 Å². The van der Waals surface area contributed by atoms with E-state index in [-0.39, 0.29) is 5.54 Å². The normalized spacial score (nSPS) is 18.1. The highest BCUT2D eigenvalue weighted by atomic mass is 15.1. The van der Waals surface area contributed by atoms with Gasteiger partial charge in [0.05, 0.1) is 5.54 Å². The topological polar surface area (TPSA) is 15.6 Å². The van der Waals surface area contributed by atoms with Gasteiger partial charge in [0.2, 0.25) is 0 Å². The second-order valence-electron chi connectivity index (χ2n) is 4.84. The van der Waals surface area contributed by atoms with Gasteiger partial charge in [0.25, 0.3) is 0 Å². The SMILES string of the molecule is CCCN(CCC)C1=CC=NC(C)(C)C=C1. The smallest absolute Gasteiger partial charge is 0.0735 e. The summed E-state index contributed by atoms with van der Waals surface area (Å²) in [5.74, 6) is 0. The molecule has 0 fully saturated rings. The van der Waals surface area contributed by atoms with Gasteiger partial charge in [-0.25, -0.2) is 0 Å². The maximum atomic E-state index is 4.49. The van der Waals surface area contributed by atoms with E-state index in [4.69, 9.17) is 0 Å². The average molecular weight is 220 g/mol. The van der Waals surface area contributed by atoms with Crippen molar-refractivity contribution in [2.75, 3.05) is 13.1 Å². The maximum Gasteiger partial charge on any atom is 0.0735 e. The van der Waals surface area contributed by atoms with Gasteiger partial charge in [-0.2, -0.15) is 0 Å². The highest BCUT2D eigenvalue weighted by Crippen LogP contribution is 2.17. The summed E-state index contributed by atoms with van der Waals surface area (Å²) in [4.78, 5) is 6.93. The van der Waals surface area contributed by atoms with E-state index in [1.54, 1.807) is 0 Å². The lowest BCUT2D eigenvalue weighted by Gasteiger charge is -2.24. The van der Waals surface area contributed by atoms with Crippen molar-refractivity contribution in [2.24, 2.45) is 4.99 Å². The lowest BCUT2D eigenvalue weighted by atomic mass is 10.1. The molecule has 0 N–H and O–H groups in total. The first kappa shape index (κ1) is 13.0. The molecule has 0 amide bonds. The van der Waals surface area contributed by atoms with E-state index in [9.17, 15) is 0 Å². The van der Waals surface area contributed by atoms with Crippen molar-refractivity contribution >= 4 is 6.21 Å². The Morgan fingerprint density at radius 1 is 1.19 bits per heavy atom. The molecule has 0 aromatic rings. The third-order valence-electron chi connectivity index (χ3n) is 2.67. The molecule has 0 aromatic carbocycles. The summed E-state index contributed by atoms with van der Waals surface area (Å²) < 4.78 is 0. The first-order valence-corrected chi connectivity index (χ1v) is 6.28. The maximum absolute atomic E-state index is 4.49. The minimum absolute atomic E-state index is 0.0671. The zero-order chi connectivity index (χ0) is 12.0. The molecule has 0 unspecified atom stereocenters. The summed E-state index contributed by atoms with van der Waals surface area (Å²) in [5, 5.41) is 0. The second kappa shape index (κ2) is 5.88. The van der Waals surface area contributed by atoms with Gasteiger partial charge in [-0.15, -0.1) is 0 Å². The van der Waals surface area contributed by atoms with Gasteiger partial charge in [-0.05, 0) is 38.8 Å². The van der Waals surface area contributed by atoms with E-state index in [0.29, 0.717) is 0 Å². The number of allylic oxidation sites excluding steroid dienone is 2. The lowest BCUT2D eigenvalue weighted by Crippen LogP contribution is -2.24. The standard InChI is InChI=1S/C14H24N2/c1-5-11-16(12-6-2)13-7-9-14(3,4)15-10-8-13/h7-10H,5-6,11-12H2,1-4H3. The fraction of sp³-hybridized carbons (Fsp3) is 0.643. The zero-order valence-electron chi connectivity index (χ0n) is 11.0. The molecule has 0 atom stereocenters. The molecule has 90 valence electrons. The van der Waals surface area contributed by atoms with Crippen LogP contribution in [0.25, 0.3) is 0 Å². The Morgan fingerprint density at radius 3 is 2.38 bits per heavy atom. The molecule has 0 saturated heterocycles. The minimum atomic E-state index is -0.0671. The van der Waals surface area contributed by atoms with Crippen LogP contribution in [-0.4, -0.2) is 29.7 Å². The van der Waals surface area contributed by atoms with Gasteiger partial charge < -0.3 is 4.90 Å². The molecular formula is C14H24N2. The lowest BCUT2D eigenvalue weighted by molar-refractivity contribution is 0.355. The van der Waals surface area contributed by atoms with Gasteiger partial charge in [0.1, 0.15) is 0 Å². The van der Waals surface area contributed by atoms with Crippen molar-refractivity contribution in [3.8, 4) is 0 Å². The predicted octanol–water partition coefficient (Wildman–Crippen LogP) is 3.41. The van der Waals surface area contributed by atoms with E-state index in [2.05, 4.69) is 55.8 Å². The molecule has 0 spiro atoms. The van der Waals surface area contributed by atoms with Crippen LogP contribution < -0.4 is 0 Å². The largest absolute Gasteiger partial charge is 0.372 e. The molecule has 1 aliphatic rings. The Labute approximate surface area is 99.8 Å². The van der Waals surface area contributed by atoms with Crippen molar-refractivity contribution in [2.45, 2.75) is 46.1 Å². The van der Waals surface area contributed by atoms with Crippen LogP contribution in [0.1, 0.15) is 40.5 Å². The highest BCUT2D eigenvalue weighted by molar-refractivity contribution is 5.74. The van der Waals surface area contributed by atoms with Crippen LogP contribution in [0.2, 0.25) is 0 Å². The molecule has 1 rings (SSSR count). The number of rotatable bonds is 5. The fourth-order valence-electron chi connectivity index (χ4n) is 1.81. The third-order valence-corrected chi connectivity index (χ3v) is 2.67. The molecule has 0 aliphatic carbocycles. The number of nitrogens with zero attached hydrogens (tertiary/aromatic N) is 2. The first-order valence-electron chi connectivity index (χ1n) is 6.28. The summed E-state index contributed by atoms with van der Waals surface area (Å²) in [6, 6.07) is 0. The minimum Gasteiger partial charge on any atom is -0.372 e. The molecule has 16 heavy (non-hydrogen) atoms. The average Bonchev–Trinajstić information content (AvgIpc) is 2.39. The van der Waals surface area contributed by atoms with Gasteiger partial charge in [0.15, 0.2) is 0 Å². The molecule has 2 nitrogen and oxygen atoms in total. The Bertz CT molecular complexity index is 292. The Morgan fingerprint density at radius 2 is 1.81 bits per heavy atom. The quantitative estimate of drug-likeness (QED) is 0.693. The van der Waals surface area contributed by atoms with Crippen LogP contribution in [0, 0.1) is 0 Å². The van der Waals surface area contributed by atoms with Crippen molar-refractivity contribution in [1.29, 1.82) is 0 Å². The summed E-state index contributed by atoms with van der Waals surface area (Å²) in [5.41, 5.74) is 1.22. The van der Waals surface area contributed by atoms with Crippen LogP contribution in [0.4, 0.5) is 0 Å². The predicted molar refractivity (Wildman–Crippen MR) is 71.9 cm³/mol. The highest BCUT2D eigenvalue weighted by Gasteiger charge is 2.13. The number of hydrogen-bond acceptors (Lipinski definition) is 2. The van der Waals surface area contributed by atoms with Crippen LogP contribution in [0.15, 0.2) is 28.9 Å². The van der Waals surface area contributed by atoms with Gasteiger partial charge in [-0.1, -0.05) is 19.9 Å². The van der Waals surface area contributed by atoms with Crippen LogP contribution >= 0.6 is 0 Å². The summed E-state index contributed by atoms with van der Waals surface area (Å²) in [6.45, 7) is 10.9. The molecule has 1 aliphatic heterocycles. The van der Waals surface area contributed by atoms with Crippen molar-refractivity contribution < 1.29 is 0 Å². The van der Waals surface area contributed by atoms with Crippen LogP contribution in [0.3, 0.4) is 0 Å². The summed E-state index contributed by atoms with van der Waals surface area (Å²) >= 11 is 0. The van der Waals surface area contributed by atoms with E-state index in [0.717, 1.165) is 13.1 Å². The van der Waals surface area contributed by atoms with E-state index in [1.807, 2.05) is 6.21 Å². The van der Waals surface area contributed by atoms with Crippen molar-refractivity contribution in [3.05, 3.63) is 23.9 Å². The fourth-order valence-corrected chi connectivity index (χ4v) is 1.81. The molecule has 1 heterocycles. The Balaban J connectivity index is 2.78. The van der Waals surface area contributed by atoms with Gasteiger partial charge >= 0.3 is 0 Å². The number of hydrogen-bond donors (Lipinski definition) is 0. The van der Waals surface area contributed by atoms with Gasteiger partial charge in [0, 0.05) is 25.0 Å². The zero-order valence-corrected chi connectivity index (χ0v) is 11.0. The first-order chi connectivity index (χ1) is 7.59. The molecule has 0 saturated carbocycles. The molecule has 2 heteroatoms. The molecule has 0 aromatic heterocycles. The molecular weight excluding hydrogens is 196 g/mol. The Hall–Kier alpha value is -1.05. The van der Waals surface area contributed by atoms with Crippen molar-refractivity contribution in [3.63, 3.8) is 0 Å². The molecule has 0 bridgehead atoms. The summed E-state index contributed by atoms with van der Waals surface area (Å²) in [7, 11) is 0.